The molecule has 2 atom stereocenters. The van der Waals surface area contributed by atoms with E-state index in [4.69, 9.17) is 4.74 Å². The number of methoxy groups -OCH3 is 1. The molecule has 0 bridgehead atoms. The first-order valence-corrected chi connectivity index (χ1v) is 8.49. The van der Waals surface area contributed by atoms with E-state index in [1.807, 2.05) is 30.5 Å². The third-order valence-corrected chi connectivity index (χ3v) is 4.74. The first-order valence-electron chi connectivity index (χ1n) is 7.27. The Labute approximate surface area is 131 Å². The predicted octanol–water partition coefficient (Wildman–Crippen LogP) is 2.25. The van der Waals surface area contributed by atoms with Crippen LogP contribution in [-0.2, 0) is 4.74 Å². The molecular weight excluding hydrogens is 284 g/mol. The van der Waals surface area contributed by atoms with Gasteiger partial charge in [-0.2, -0.15) is 0 Å². The van der Waals surface area contributed by atoms with Crippen molar-refractivity contribution in [3.63, 3.8) is 0 Å². The van der Waals surface area contributed by atoms with Crippen molar-refractivity contribution in [1.82, 2.24) is 10.2 Å². The molecule has 21 heavy (non-hydrogen) atoms. The Morgan fingerprint density at radius 2 is 2.00 bits per heavy atom. The van der Waals surface area contributed by atoms with E-state index in [1.54, 1.807) is 18.9 Å². The number of carbonyl (C=O) groups is 1. The fourth-order valence-electron chi connectivity index (χ4n) is 2.60. The number of likely N-dealkylation sites (tertiary alicyclic amines) is 1. The standard InChI is InChI=1S/C16H24N2O2S/c1-11(2)18-9-14(15(10-18)20-3)17-16(19)12-5-7-13(21-4)8-6-12/h5-8,11,14-15H,9-10H2,1-4H3,(H,17,19)/t14-,15-/m0/s1. The Bertz CT molecular complexity index is 476. The Kier molecular flexibility index (Phi) is 5.67. The predicted molar refractivity (Wildman–Crippen MR) is 87.0 cm³/mol. The van der Waals surface area contributed by atoms with Crippen LogP contribution >= 0.6 is 11.8 Å². The van der Waals surface area contributed by atoms with Gasteiger partial charge in [0.1, 0.15) is 0 Å². The molecule has 4 nitrogen and oxygen atoms in total. The van der Waals surface area contributed by atoms with Gasteiger partial charge in [0.25, 0.3) is 5.91 Å². The molecule has 1 saturated heterocycles. The van der Waals surface area contributed by atoms with Crippen LogP contribution in [0.2, 0.25) is 0 Å². The van der Waals surface area contributed by atoms with Crippen LogP contribution in [0.5, 0.6) is 0 Å². The van der Waals surface area contributed by atoms with Crippen LogP contribution in [0.3, 0.4) is 0 Å². The molecule has 5 heteroatoms. The summed E-state index contributed by atoms with van der Waals surface area (Å²) in [4.78, 5) is 15.8. The largest absolute Gasteiger partial charge is 0.378 e. The summed E-state index contributed by atoms with van der Waals surface area (Å²) in [6, 6.07) is 8.21. The second-order valence-corrected chi connectivity index (χ2v) is 6.51. The van der Waals surface area contributed by atoms with E-state index < -0.39 is 0 Å². The van der Waals surface area contributed by atoms with Crippen LogP contribution < -0.4 is 5.32 Å². The van der Waals surface area contributed by atoms with Gasteiger partial charge in [0, 0.05) is 36.7 Å². The van der Waals surface area contributed by atoms with Crippen molar-refractivity contribution < 1.29 is 9.53 Å². The van der Waals surface area contributed by atoms with Crippen molar-refractivity contribution in [2.45, 2.75) is 36.9 Å². The molecule has 0 aliphatic carbocycles. The molecule has 2 rings (SSSR count). The maximum absolute atomic E-state index is 12.3. The van der Waals surface area contributed by atoms with Gasteiger partial charge < -0.3 is 10.1 Å². The number of hydrogen-bond acceptors (Lipinski definition) is 4. The molecule has 116 valence electrons. The number of carbonyl (C=O) groups excluding carboxylic acids is 1. The average Bonchev–Trinajstić information content (AvgIpc) is 2.90. The highest BCUT2D eigenvalue weighted by Crippen LogP contribution is 2.18. The summed E-state index contributed by atoms with van der Waals surface area (Å²) in [5.41, 5.74) is 0.700. The second-order valence-electron chi connectivity index (χ2n) is 5.63. The lowest BCUT2D eigenvalue weighted by Crippen LogP contribution is -2.43. The summed E-state index contributed by atoms with van der Waals surface area (Å²) in [6.45, 7) is 6.03. The van der Waals surface area contributed by atoms with E-state index in [1.165, 1.54) is 0 Å². The molecule has 1 amide bonds. The molecule has 0 saturated carbocycles. The van der Waals surface area contributed by atoms with Crippen LogP contribution in [0.15, 0.2) is 29.2 Å². The first kappa shape index (κ1) is 16.3. The smallest absolute Gasteiger partial charge is 0.251 e. The summed E-state index contributed by atoms with van der Waals surface area (Å²) in [5.74, 6) is -0.0275. The summed E-state index contributed by atoms with van der Waals surface area (Å²) in [5, 5.41) is 3.11. The van der Waals surface area contributed by atoms with Crippen molar-refractivity contribution in [2.24, 2.45) is 0 Å². The molecule has 1 aliphatic rings. The highest BCUT2D eigenvalue weighted by atomic mass is 32.2. The van der Waals surface area contributed by atoms with Crippen molar-refractivity contribution in [3.8, 4) is 0 Å². The Hall–Kier alpha value is -1.04. The van der Waals surface area contributed by atoms with Crippen LogP contribution in [0.1, 0.15) is 24.2 Å². The quantitative estimate of drug-likeness (QED) is 0.847. The maximum atomic E-state index is 12.3. The normalized spacial score (nSPS) is 22.7. The van der Waals surface area contributed by atoms with Crippen molar-refractivity contribution in [1.29, 1.82) is 0 Å². The average molecular weight is 308 g/mol. The van der Waals surface area contributed by atoms with Gasteiger partial charge in [-0.1, -0.05) is 0 Å². The van der Waals surface area contributed by atoms with Gasteiger partial charge in [0.2, 0.25) is 0 Å². The van der Waals surface area contributed by atoms with Crippen molar-refractivity contribution in [3.05, 3.63) is 29.8 Å². The summed E-state index contributed by atoms with van der Waals surface area (Å²) in [6.07, 6.45) is 2.08. The fraction of sp³-hybridized carbons (Fsp3) is 0.562. The highest BCUT2D eigenvalue weighted by molar-refractivity contribution is 7.98. The van der Waals surface area contributed by atoms with Crippen LogP contribution in [0, 0.1) is 0 Å². The molecular formula is C16H24N2O2S. The first-order chi connectivity index (χ1) is 10.0. The van der Waals surface area contributed by atoms with E-state index in [-0.39, 0.29) is 18.1 Å². The summed E-state index contributed by atoms with van der Waals surface area (Å²) in [7, 11) is 1.71. The highest BCUT2D eigenvalue weighted by Gasteiger charge is 2.34. The Morgan fingerprint density at radius 3 is 2.52 bits per heavy atom. The molecule has 1 heterocycles. The fourth-order valence-corrected chi connectivity index (χ4v) is 3.00. The molecule has 1 N–H and O–H groups in total. The van der Waals surface area contributed by atoms with Gasteiger partial charge in [-0.25, -0.2) is 0 Å². The van der Waals surface area contributed by atoms with Crippen LogP contribution in [-0.4, -0.2) is 55.4 Å². The lowest BCUT2D eigenvalue weighted by Gasteiger charge is -2.20. The summed E-state index contributed by atoms with van der Waals surface area (Å²) >= 11 is 1.67. The zero-order valence-electron chi connectivity index (χ0n) is 13.1. The second kappa shape index (κ2) is 7.29. The van der Waals surface area contributed by atoms with E-state index in [0.717, 1.165) is 18.0 Å². The van der Waals surface area contributed by atoms with Crippen LogP contribution in [0.4, 0.5) is 0 Å². The number of hydrogen-bond donors (Lipinski definition) is 1. The molecule has 1 aromatic carbocycles. The number of ether oxygens (including phenoxy) is 1. The number of thioether (sulfide) groups is 1. The molecule has 1 fully saturated rings. The van der Waals surface area contributed by atoms with Crippen molar-refractivity contribution in [2.75, 3.05) is 26.5 Å². The van der Waals surface area contributed by atoms with E-state index >= 15 is 0 Å². The van der Waals surface area contributed by atoms with E-state index in [2.05, 4.69) is 24.1 Å². The molecule has 1 aromatic rings. The Balaban J connectivity index is 2.00. The monoisotopic (exact) mass is 308 g/mol. The van der Waals surface area contributed by atoms with Crippen molar-refractivity contribution >= 4 is 17.7 Å². The van der Waals surface area contributed by atoms with Crippen LogP contribution in [0.25, 0.3) is 0 Å². The summed E-state index contributed by atoms with van der Waals surface area (Å²) < 4.78 is 5.52. The number of nitrogens with one attached hydrogen (secondary N) is 1. The maximum Gasteiger partial charge on any atom is 0.251 e. The minimum atomic E-state index is -0.0275. The minimum Gasteiger partial charge on any atom is -0.378 e. The number of rotatable bonds is 5. The molecule has 0 aromatic heterocycles. The molecule has 0 spiro atoms. The van der Waals surface area contributed by atoms with Gasteiger partial charge in [-0.15, -0.1) is 11.8 Å². The third kappa shape index (κ3) is 3.99. The SMILES string of the molecule is CO[C@H]1CN(C(C)C)C[C@@H]1NC(=O)c1ccc(SC)cc1. The van der Waals surface area contributed by atoms with E-state index in [9.17, 15) is 4.79 Å². The molecule has 1 aliphatic heterocycles. The zero-order valence-corrected chi connectivity index (χ0v) is 13.9. The van der Waals surface area contributed by atoms with Gasteiger partial charge in [0.05, 0.1) is 12.1 Å². The molecule has 0 unspecified atom stereocenters. The molecule has 0 radical (unpaired) electrons. The van der Waals surface area contributed by atoms with Gasteiger partial charge in [-0.05, 0) is 44.4 Å². The number of amides is 1. The lowest BCUT2D eigenvalue weighted by molar-refractivity contribution is 0.0753. The Morgan fingerprint density at radius 1 is 1.33 bits per heavy atom. The van der Waals surface area contributed by atoms with Gasteiger partial charge in [-0.3, -0.25) is 9.69 Å². The lowest BCUT2D eigenvalue weighted by atomic mass is 10.1. The third-order valence-electron chi connectivity index (χ3n) is 4.00. The van der Waals surface area contributed by atoms with Gasteiger partial charge >= 0.3 is 0 Å². The topological polar surface area (TPSA) is 41.6 Å². The zero-order chi connectivity index (χ0) is 15.4. The van der Waals surface area contributed by atoms with Gasteiger partial charge in [0.15, 0.2) is 0 Å². The number of benzene rings is 1. The number of nitrogens with zero attached hydrogens (tertiary/aromatic N) is 1. The minimum absolute atomic E-state index is 0.0275. The van der Waals surface area contributed by atoms with E-state index in [0.29, 0.717) is 11.6 Å².